The van der Waals surface area contributed by atoms with Gasteiger partial charge in [-0.3, -0.25) is 4.79 Å². The number of ether oxygens (including phenoxy) is 2. The Balaban J connectivity index is 1.55. The molecule has 170 valence electrons. The average Bonchev–Trinajstić information content (AvgIpc) is 3.22. The van der Waals surface area contributed by atoms with Crippen molar-refractivity contribution in [2.24, 2.45) is 5.41 Å². The molecule has 1 aliphatic carbocycles. The molecule has 2 spiro atoms. The third kappa shape index (κ3) is 3.71. The quantitative estimate of drug-likeness (QED) is 0.686. The standard InChI is InChI=1S/C27H34N2O3/c1-19-5-7-23(13-21(19)3)28-16-26(15-27(10-9-25(26)30)31-11-12-32-27)17-29(18-28)24-8-6-20(2)22(4)14-24/h5-8,13-14H,9-12,15-18H2,1-4H3. The molecule has 0 atom stereocenters. The van der Waals surface area contributed by atoms with E-state index in [1.807, 2.05) is 0 Å². The van der Waals surface area contributed by atoms with Crippen molar-refractivity contribution in [1.82, 2.24) is 0 Å². The Morgan fingerprint density at radius 3 is 1.81 bits per heavy atom. The Bertz CT molecular complexity index is 982. The number of carbonyl (C=O) groups is 1. The number of nitrogens with zero attached hydrogens (tertiary/aromatic N) is 2. The van der Waals surface area contributed by atoms with E-state index < -0.39 is 11.2 Å². The highest BCUT2D eigenvalue weighted by Crippen LogP contribution is 2.47. The minimum Gasteiger partial charge on any atom is -0.353 e. The Morgan fingerprint density at radius 2 is 1.31 bits per heavy atom. The van der Waals surface area contributed by atoms with Crippen LogP contribution in [0.1, 0.15) is 41.5 Å². The van der Waals surface area contributed by atoms with E-state index in [0.29, 0.717) is 51.3 Å². The van der Waals surface area contributed by atoms with Gasteiger partial charge in [-0.25, -0.2) is 0 Å². The van der Waals surface area contributed by atoms with Crippen molar-refractivity contribution in [3.8, 4) is 0 Å². The van der Waals surface area contributed by atoms with E-state index in [4.69, 9.17) is 9.47 Å². The summed E-state index contributed by atoms with van der Waals surface area (Å²) in [5, 5.41) is 0. The van der Waals surface area contributed by atoms with Gasteiger partial charge in [-0.2, -0.15) is 0 Å². The maximum atomic E-state index is 13.5. The first kappa shape index (κ1) is 21.5. The molecule has 0 N–H and O–H groups in total. The second kappa shape index (κ2) is 7.89. The SMILES string of the molecule is Cc1ccc(N2CN(c3ccc(C)c(C)c3)CC3(C2)CC2(CCC3=O)OCCO2)cc1C. The molecule has 5 nitrogen and oxygen atoms in total. The summed E-state index contributed by atoms with van der Waals surface area (Å²) < 4.78 is 12.2. The van der Waals surface area contributed by atoms with Gasteiger partial charge in [0.05, 0.1) is 25.3 Å². The van der Waals surface area contributed by atoms with E-state index in [0.717, 1.165) is 6.67 Å². The van der Waals surface area contributed by atoms with E-state index in [1.54, 1.807) is 0 Å². The fourth-order valence-electron chi connectivity index (χ4n) is 5.58. The van der Waals surface area contributed by atoms with Crippen LogP contribution in [-0.4, -0.2) is 44.5 Å². The first-order valence-electron chi connectivity index (χ1n) is 11.7. The number of rotatable bonds is 2. The first-order chi connectivity index (χ1) is 15.3. The van der Waals surface area contributed by atoms with Crippen molar-refractivity contribution in [2.45, 2.75) is 52.7 Å². The monoisotopic (exact) mass is 434 g/mol. The van der Waals surface area contributed by atoms with Gasteiger partial charge in [0.2, 0.25) is 0 Å². The fraction of sp³-hybridized carbons (Fsp3) is 0.519. The molecule has 0 amide bonds. The summed E-state index contributed by atoms with van der Waals surface area (Å²) in [4.78, 5) is 18.3. The zero-order valence-electron chi connectivity index (χ0n) is 19.7. The van der Waals surface area contributed by atoms with Gasteiger partial charge in [0.25, 0.3) is 0 Å². The zero-order chi connectivity index (χ0) is 22.5. The fourth-order valence-corrected chi connectivity index (χ4v) is 5.58. The lowest BCUT2D eigenvalue weighted by atomic mass is 9.68. The Hall–Kier alpha value is -2.37. The molecule has 2 heterocycles. The second-order valence-electron chi connectivity index (χ2n) is 10.1. The Labute approximate surface area is 191 Å². The lowest BCUT2D eigenvalue weighted by molar-refractivity contribution is -0.201. The van der Waals surface area contributed by atoms with Crippen LogP contribution >= 0.6 is 0 Å². The van der Waals surface area contributed by atoms with Crippen molar-refractivity contribution in [2.75, 3.05) is 42.8 Å². The number of hydrogen-bond donors (Lipinski definition) is 0. The third-order valence-corrected chi connectivity index (χ3v) is 7.79. The lowest BCUT2D eigenvalue weighted by Crippen LogP contribution is -2.63. The second-order valence-corrected chi connectivity index (χ2v) is 10.1. The molecule has 32 heavy (non-hydrogen) atoms. The maximum Gasteiger partial charge on any atom is 0.170 e. The van der Waals surface area contributed by atoms with Gasteiger partial charge in [0.15, 0.2) is 5.79 Å². The molecule has 2 aromatic rings. The highest BCUT2D eigenvalue weighted by Gasteiger charge is 2.55. The summed E-state index contributed by atoms with van der Waals surface area (Å²) in [6.45, 7) is 12.0. The number of benzene rings is 2. The smallest absolute Gasteiger partial charge is 0.170 e. The molecule has 3 aliphatic rings. The molecule has 0 bridgehead atoms. The van der Waals surface area contributed by atoms with Crippen LogP contribution in [0.3, 0.4) is 0 Å². The zero-order valence-corrected chi connectivity index (χ0v) is 19.7. The summed E-state index contributed by atoms with van der Waals surface area (Å²) in [6, 6.07) is 13.2. The predicted molar refractivity (Wildman–Crippen MR) is 127 cm³/mol. The van der Waals surface area contributed by atoms with Crippen LogP contribution in [0.5, 0.6) is 0 Å². The van der Waals surface area contributed by atoms with Gasteiger partial charge in [-0.15, -0.1) is 0 Å². The molecule has 5 heteroatoms. The van der Waals surface area contributed by atoms with Crippen LogP contribution in [0.2, 0.25) is 0 Å². The number of aryl methyl sites for hydroxylation is 4. The summed E-state index contributed by atoms with van der Waals surface area (Å²) in [5.74, 6) is -0.265. The van der Waals surface area contributed by atoms with Crippen LogP contribution in [0, 0.1) is 33.1 Å². The van der Waals surface area contributed by atoms with Gasteiger partial charge in [0, 0.05) is 43.7 Å². The topological polar surface area (TPSA) is 42.0 Å². The van der Waals surface area contributed by atoms with Gasteiger partial charge in [-0.05, 0) is 74.2 Å². The number of Topliss-reactive ketones (excluding diaryl/α,β-unsaturated/α-hetero) is 1. The molecular weight excluding hydrogens is 400 g/mol. The summed E-state index contributed by atoms with van der Waals surface area (Å²) in [6.07, 6.45) is 1.81. The van der Waals surface area contributed by atoms with E-state index in [9.17, 15) is 4.79 Å². The molecule has 2 aliphatic heterocycles. The maximum absolute atomic E-state index is 13.5. The van der Waals surface area contributed by atoms with Crippen LogP contribution in [0.4, 0.5) is 11.4 Å². The minimum atomic E-state index is -0.602. The number of ketones is 1. The molecule has 1 saturated carbocycles. The third-order valence-electron chi connectivity index (χ3n) is 7.79. The van der Waals surface area contributed by atoms with E-state index >= 15 is 0 Å². The molecular formula is C27H34N2O3. The summed E-state index contributed by atoms with van der Waals surface area (Å²) in [7, 11) is 0. The number of carbonyl (C=O) groups excluding carboxylic acids is 1. The van der Waals surface area contributed by atoms with Gasteiger partial charge in [-0.1, -0.05) is 12.1 Å². The molecule has 2 saturated heterocycles. The normalized spacial score (nSPS) is 22.2. The summed E-state index contributed by atoms with van der Waals surface area (Å²) >= 11 is 0. The Kier molecular flexibility index (Phi) is 5.30. The highest BCUT2D eigenvalue weighted by atomic mass is 16.7. The molecule has 3 fully saturated rings. The van der Waals surface area contributed by atoms with Gasteiger partial charge in [0.1, 0.15) is 5.78 Å². The van der Waals surface area contributed by atoms with Gasteiger partial charge < -0.3 is 19.3 Å². The van der Waals surface area contributed by atoms with E-state index in [2.05, 4.69) is 73.9 Å². The van der Waals surface area contributed by atoms with Crippen LogP contribution in [-0.2, 0) is 14.3 Å². The molecule has 2 aromatic carbocycles. The average molecular weight is 435 g/mol. The molecule has 5 rings (SSSR count). The minimum absolute atomic E-state index is 0.338. The molecule has 0 radical (unpaired) electrons. The van der Waals surface area contributed by atoms with Crippen molar-refractivity contribution in [3.05, 3.63) is 58.7 Å². The van der Waals surface area contributed by atoms with Crippen LogP contribution < -0.4 is 9.80 Å². The lowest BCUT2D eigenvalue weighted by Gasteiger charge is -2.53. The molecule has 0 aromatic heterocycles. The van der Waals surface area contributed by atoms with Crippen molar-refractivity contribution < 1.29 is 14.3 Å². The largest absolute Gasteiger partial charge is 0.353 e. The van der Waals surface area contributed by atoms with Crippen LogP contribution in [0.25, 0.3) is 0 Å². The van der Waals surface area contributed by atoms with E-state index in [-0.39, 0.29) is 0 Å². The highest BCUT2D eigenvalue weighted by molar-refractivity contribution is 5.88. The van der Waals surface area contributed by atoms with Crippen molar-refractivity contribution in [3.63, 3.8) is 0 Å². The van der Waals surface area contributed by atoms with Crippen molar-refractivity contribution in [1.29, 1.82) is 0 Å². The van der Waals surface area contributed by atoms with Crippen molar-refractivity contribution >= 4 is 17.2 Å². The van der Waals surface area contributed by atoms with Crippen LogP contribution in [0.15, 0.2) is 36.4 Å². The molecule has 0 unspecified atom stereocenters. The number of hydrogen-bond acceptors (Lipinski definition) is 5. The number of anilines is 2. The first-order valence-corrected chi connectivity index (χ1v) is 11.7. The Morgan fingerprint density at radius 1 is 0.781 bits per heavy atom. The predicted octanol–water partition coefficient (Wildman–Crippen LogP) is 4.69. The van der Waals surface area contributed by atoms with Gasteiger partial charge >= 0.3 is 0 Å². The summed E-state index contributed by atoms with van der Waals surface area (Å²) in [5.41, 5.74) is 6.93. The van der Waals surface area contributed by atoms with E-state index in [1.165, 1.54) is 33.6 Å².